The molecule has 1 atom stereocenters. The molecule has 10 heteroatoms. The van der Waals surface area contributed by atoms with E-state index in [1.807, 2.05) is 18.2 Å². The highest BCUT2D eigenvalue weighted by Gasteiger charge is 2.29. The second kappa shape index (κ2) is 14.0. The van der Waals surface area contributed by atoms with Gasteiger partial charge in [-0.05, 0) is 52.0 Å². The summed E-state index contributed by atoms with van der Waals surface area (Å²) in [4.78, 5) is 7.98. The summed E-state index contributed by atoms with van der Waals surface area (Å²) in [5.74, 6) is 1.51. The van der Waals surface area contributed by atoms with Gasteiger partial charge in [-0.2, -0.15) is 13.2 Å². The van der Waals surface area contributed by atoms with Crippen LogP contribution in [0.4, 0.5) is 13.2 Å². The number of methoxy groups -OCH3 is 1. The number of nitrogens with zero attached hydrogens (tertiary/aromatic N) is 3. The number of nitrogens with one attached hydrogen (secondary N) is 2. The van der Waals surface area contributed by atoms with Gasteiger partial charge in [0.15, 0.2) is 5.96 Å². The molecule has 1 aromatic rings. The van der Waals surface area contributed by atoms with Crippen LogP contribution in [-0.2, 0) is 0 Å². The number of ether oxygens (including phenoxy) is 1. The number of hydrogen-bond acceptors (Lipinski definition) is 4. The van der Waals surface area contributed by atoms with Gasteiger partial charge < -0.3 is 15.4 Å². The maximum absolute atomic E-state index is 12.4. The molecule has 2 rings (SSSR count). The van der Waals surface area contributed by atoms with Gasteiger partial charge >= 0.3 is 6.18 Å². The lowest BCUT2D eigenvalue weighted by atomic mass is 10.0. The molecule has 1 aliphatic rings. The molecule has 1 fully saturated rings. The lowest BCUT2D eigenvalue weighted by molar-refractivity contribution is -0.143. The number of hydrogen-bond donors (Lipinski definition) is 2. The standard InChI is InChI=1S/C21H34F3N5O.HI/c1-25-20(26-11-8-12-28(2)16-21(22,23)24)27-15-18(29-13-6-7-14-29)17-9-4-5-10-19(17)30-3;/h4-5,9-10,18H,6-8,11-16H2,1-3H3,(H2,25,26,27);1H. The van der Waals surface area contributed by atoms with E-state index in [4.69, 9.17) is 4.74 Å². The van der Waals surface area contributed by atoms with Crippen LogP contribution in [0.1, 0.15) is 30.9 Å². The molecule has 0 spiro atoms. The zero-order chi connectivity index (χ0) is 22.0. The van der Waals surface area contributed by atoms with Crippen molar-refractivity contribution in [3.63, 3.8) is 0 Å². The van der Waals surface area contributed by atoms with Gasteiger partial charge in [0, 0.05) is 25.7 Å². The molecule has 0 aromatic heterocycles. The summed E-state index contributed by atoms with van der Waals surface area (Å²) in [6, 6.07) is 8.21. The summed E-state index contributed by atoms with van der Waals surface area (Å²) >= 11 is 0. The van der Waals surface area contributed by atoms with E-state index in [0.29, 0.717) is 32.0 Å². The zero-order valence-electron chi connectivity index (χ0n) is 18.5. The Morgan fingerprint density at radius 2 is 1.90 bits per heavy atom. The number of benzene rings is 1. The predicted octanol–water partition coefficient (Wildman–Crippen LogP) is 3.50. The first-order valence-electron chi connectivity index (χ1n) is 10.4. The zero-order valence-corrected chi connectivity index (χ0v) is 20.9. The van der Waals surface area contributed by atoms with Crippen LogP contribution in [0.3, 0.4) is 0 Å². The fourth-order valence-electron chi connectivity index (χ4n) is 3.79. The minimum atomic E-state index is -4.16. The van der Waals surface area contributed by atoms with Gasteiger partial charge in [0.2, 0.25) is 0 Å². The number of para-hydroxylation sites is 1. The molecule has 0 bridgehead atoms. The quantitative estimate of drug-likeness (QED) is 0.200. The smallest absolute Gasteiger partial charge is 0.401 e. The first kappa shape index (κ1) is 27.8. The Kier molecular flexibility index (Phi) is 12.5. The van der Waals surface area contributed by atoms with E-state index in [0.717, 1.165) is 24.4 Å². The van der Waals surface area contributed by atoms with E-state index < -0.39 is 12.7 Å². The second-order valence-electron chi connectivity index (χ2n) is 7.59. The Morgan fingerprint density at radius 3 is 2.52 bits per heavy atom. The van der Waals surface area contributed by atoms with Crippen molar-refractivity contribution in [2.45, 2.75) is 31.5 Å². The van der Waals surface area contributed by atoms with E-state index in [2.05, 4.69) is 26.6 Å². The van der Waals surface area contributed by atoms with Gasteiger partial charge in [-0.15, -0.1) is 24.0 Å². The molecule has 0 saturated carbocycles. The molecule has 0 radical (unpaired) electrons. The monoisotopic (exact) mass is 557 g/mol. The molecule has 0 aliphatic carbocycles. The van der Waals surface area contributed by atoms with Gasteiger partial charge in [-0.1, -0.05) is 18.2 Å². The van der Waals surface area contributed by atoms with Crippen molar-refractivity contribution in [1.29, 1.82) is 0 Å². The van der Waals surface area contributed by atoms with E-state index in [9.17, 15) is 13.2 Å². The molecule has 178 valence electrons. The maximum atomic E-state index is 12.4. The SMILES string of the molecule is CN=C(NCCCN(C)CC(F)(F)F)NCC(c1ccccc1OC)N1CCCC1.I. The first-order valence-corrected chi connectivity index (χ1v) is 10.4. The Morgan fingerprint density at radius 1 is 1.23 bits per heavy atom. The number of aliphatic imine (C=N–C) groups is 1. The highest BCUT2D eigenvalue weighted by Crippen LogP contribution is 2.31. The Hall–Kier alpha value is -1.27. The summed E-state index contributed by atoms with van der Waals surface area (Å²) in [6.07, 6.45) is -1.20. The first-order chi connectivity index (χ1) is 14.3. The second-order valence-corrected chi connectivity index (χ2v) is 7.59. The van der Waals surface area contributed by atoms with Crippen LogP contribution in [0, 0.1) is 0 Å². The highest BCUT2D eigenvalue weighted by molar-refractivity contribution is 14.0. The van der Waals surface area contributed by atoms with Crippen LogP contribution in [0.25, 0.3) is 0 Å². The number of guanidine groups is 1. The molecular formula is C21H35F3IN5O. The van der Waals surface area contributed by atoms with Crippen molar-refractivity contribution in [1.82, 2.24) is 20.4 Å². The van der Waals surface area contributed by atoms with Crippen LogP contribution in [0.15, 0.2) is 29.3 Å². The molecule has 1 heterocycles. The predicted molar refractivity (Wildman–Crippen MR) is 129 cm³/mol. The van der Waals surface area contributed by atoms with Gasteiger partial charge in [0.25, 0.3) is 0 Å². The fraction of sp³-hybridized carbons (Fsp3) is 0.667. The highest BCUT2D eigenvalue weighted by atomic mass is 127. The van der Waals surface area contributed by atoms with Crippen molar-refractivity contribution < 1.29 is 17.9 Å². The van der Waals surface area contributed by atoms with Crippen LogP contribution in [0.2, 0.25) is 0 Å². The van der Waals surface area contributed by atoms with Crippen molar-refractivity contribution in [2.75, 3.05) is 60.5 Å². The number of likely N-dealkylation sites (tertiary alicyclic amines) is 1. The largest absolute Gasteiger partial charge is 0.496 e. The van der Waals surface area contributed by atoms with Gasteiger partial charge in [0.05, 0.1) is 19.7 Å². The maximum Gasteiger partial charge on any atom is 0.401 e. The molecule has 0 amide bonds. The van der Waals surface area contributed by atoms with Crippen molar-refractivity contribution >= 4 is 29.9 Å². The van der Waals surface area contributed by atoms with Crippen molar-refractivity contribution in [2.24, 2.45) is 4.99 Å². The molecule has 1 saturated heterocycles. The Bertz CT molecular complexity index is 669. The Balaban J connectivity index is 0.00000480. The van der Waals surface area contributed by atoms with Crippen LogP contribution >= 0.6 is 24.0 Å². The summed E-state index contributed by atoms with van der Waals surface area (Å²) in [5.41, 5.74) is 1.14. The average molecular weight is 557 g/mol. The van der Waals surface area contributed by atoms with Crippen LogP contribution in [-0.4, -0.2) is 82.4 Å². The van der Waals surface area contributed by atoms with Crippen molar-refractivity contribution in [3.8, 4) is 5.75 Å². The molecule has 1 aromatic carbocycles. The number of alkyl halides is 3. The lowest BCUT2D eigenvalue weighted by Crippen LogP contribution is -2.43. The van der Waals surface area contributed by atoms with Gasteiger partial charge in [-0.25, -0.2) is 0 Å². The molecule has 6 nitrogen and oxygen atoms in total. The topological polar surface area (TPSA) is 52.1 Å². The van der Waals surface area contributed by atoms with Crippen LogP contribution < -0.4 is 15.4 Å². The van der Waals surface area contributed by atoms with E-state index in [1.54, 1.807) is 14.2 Å². The summed E-state index contributed by atoms with van der Waals surface area (Å²) in [5, 5.41) is 6.57. The van der Waals surface area contributed by atoms with E-state index >= 15 is 0 Å². The molecular weight excluding hydrogens is 522 g/mol. The van der Waals surface area contributed by atoms with E-state index in [-0.39, 0.29) is 30.0 Å². The number of rotatable bonds is 10. The molecule has 1 aliphatic heterocycles. The van der Waals surface area contributed by atoms with E-state index in [1.165, 1.54) is 24.8 Å². The molecule has 31 heavy (non-hydrogen) atoms. The van der Waals surface area contributed by atoms with Gasteiger partial charge in [0.1, 0.15) is 5.75 Å². The fourth-order valence-corrected chi connectivity index (χ4v) is 3.79. The normalized spacial score (nSPS) is 16.2. The summed E-state index contributed by atoms with van der Waals surface area (Å²) in [7, 11) is 4.86. The minimum absolute atomic E-state index is 0. The number of halogens is 4. The third-order valence-corrected chi connectivity index (χ3v) is 5.22. The summed E-state index contributed by atoms with van der Waals surface area (Å²) in [6.45, 7) is 2.76. The van der Waals surface area contributed by atoms with Crippen molar-refractivity contribution in [3.05, 3.63) is 29.8 Å². The third kappa shape index (κ3) is 9.82. The molecule has 2 N–H and O–H groups in total. The van der Waals surface area contributed by atoms with Crippen LogP contribution in [0.5, 0.6) is 5.75 Å². The lowest BCUT2D eigenvalue weighted by Gasteiger charge is -2.30. The third-order valence-electron chi connectivity index (χ3n) is 5.22. The van der Waals surface area contributed by atoms with Gasteiger partial charge in [-0.3, -0.25) is 14.8 Å². The minimum Gasteiger partial charge on any atom is -0.496 e. The Labute approximate surface area is 200 Å². The molecule has 1 unspecified atom stereocenters. The summed E-state index contributed by atoms with van der Waals surface area (Å²) < 4.78 is 42.8. The average Bonchev–Trinajstić information content (AvgIpc) is 3.23.